The van der Waals surface area contributed by atoms with Gasteiger partial charge in [0.2, 0.25) is 5.91 Å². The minimum atomic E-state index is -0.848. The third-order valence-corrected chi connectivity index (χ3v) is 17.3. The molecule has 0 aromatic carbocycles. The zero-order chi connectivity index (χ0) is 59.9. The highest BCUT2D eigenvalue weighted by Gasteiger charge is 2.18. The fraction of sp³-hybridized carbons (Fsp3) is 0.870. The van der Waals surface area contributed by atoms with E-state index in [-0.39, 0.29) is 18.5 Å². The first kappa shape index (κ1) is 80.8. The number of rotatable bonds is 70. The van der Waals surface area contributed by atoms with Crippen LogP contribution in [0.4, 0.5) is 0 Å². The molecule has 3 N–H and O–H groups in total. The highest BCUT2D eigenvalue weighted by Crippen LogP contribution is 2.19. The van der Waals surface area contributed by atoms with E-state index >= 15 is 0 Å². The van der Waals surface area contributed by atoms with Crippen LogP contribution in [0, 0.1) is 0 Å². The number of hydrogen-bond donors (Lipinski definition) is 3. The molecule has 6 heteroatoms. The van der Waals surface area contributed by atoms with Crippen molar-refractivity contribution >= 4 is 11.9 Å². The smallest absolute Gasteiger partial charge is 0.305 e. The molecule has 0 spiro atoms. The molecule has 0 fully saturated rings. The van der Waals surface area contributed by atoms with Crippen LogP contribution >= 0.6 is 0 Å². The number of carbonyl (C=O) groups excluding carboxylic acids is 2. The Kier molecular flexibility index (Phi) is 70.4. The van der Waals surface area contributed by atoms with Gasteiger partial charge in [-0.2, -0.15) is 0 Å². The van der Waals surface area contributed by atoms with E-state index in [0.29, 0.717) is 19.4 Å². The number of allylic oxidation sites excluding steroid dienone is 7. The third-order valence-electron chi connectivity index (χ3n) is 17.3. The summed E-state index contributed by atoms with van der Waals surface area (Å²) in [5.41, 5.74) is 0. The molecule has 488 valence electrons. The van der Waals surface area contributed by atoms with Crippen molar-refractivity contribution in [3.05, 3.63) is 48.6 Å². The molecule has 0 aliphatic rings. The SMILES string of the molecule is CCCCCC/C=C\C/C=C\CCCCCCCC(=O)OCCCCCCCCCCCCCC/C=C\CCCCCCCCCCCCC(=O)NC(CO)C(O)/C=C/CCCCCCCCCCCCCCCCCCCCCCCC. The molecule has 83 heavy (non-hydrogen) atoms. The summed E-state index contributed by atoms with van der Waals surface area (Å²) in [6.45, 7) is 4.91. The summed E-state index contributed by atoms with van der Waals surface area (Å²) in [6.07, 6.45) is 94.9. The maximum atomic E-state index is 12.5. The summed E-state index contributed by atoms with van der Waals surface area (Å²) in [5, 5.41) is 23.3. The predicted molar refractivity (Wildman–Crippen MR) is 366 cm³/mol. The number of amides is 1. The van der Waals surface area contributed by atoms with E-state index in [9.17, 15) is 19.8 Å². The van der Waals surface area contributed by atoms with Gasteiger partial charge >= 0.3 is 5.97 Å². The Bertz CT molecular complexity index is 1390. The van der Waals surface area contributed by atoms with Crippen LogP contribution in [0.2, 0.25) is 0 Å². The lowest BCUT2D eigenvalue weighted by Crippen LogP contribution is -2.45. The molecule has 0 rings (SSSR count). The number of hydrogen-bond acceptors (Lipinski definition) is 5. The first-order valence-electron chi connectivity index (χ1n) is 37.4. The van der Waals surface area contributed by atoms with Gasteiger partial charge in [-0.05, 0) is 89.9 Å². The molecule has 0 bridgehead atoms. The molecule has 2 unspecified atom stereocenters. The Morgan fingerprint density at radius 1 is 0.337 bits per heavy atom. The molecule has 6 nitrogen and oxygen atoms in total. The lowest BCUT2D eigenvalue weighted by Gasteiger charge is -2.20. The molecule has 0 saturated carbocycles. The number of unbranched alkanes of at least 4 members (excludes halogenated alkanes) is 53. The van der Waals surface area contributed by atoms with E-state index < -0.39 is 12.1 Å². The number of aliphatic hydroxyl groups excluding tert-OH is 2. The van der Waals surface area contributed by atoms with Gasteiger partial charge in [0, 0.05) is 12.8 Å². The zero-order valence-electron chi connectivity index (χ0n) is 55.9. The van der Waals surface area contributed by atoms with Crippen LogP contribution in [0.25, 0.3) is 0 Å². The minimum absolute atomic E-state index is 0.000825. The average molecular weight is 1170 g/mol. The number of nitrogens with one attached hydrogen (secondary N) is 1. The second kappa shape index (κ2) is 72.3. The Morgan fingerprint density at radius 3 is 0.940 bits per heavy atom. The van der Waals surface area contributed by atoms with Gasteiger partial charge in [0.1, 0.15) is 0 Å². The summed E-state index contributed by atoms with van der Waals surface area (Å²) >= 11 is 0. The van der Waals surface area contributed by atoms with Crippen molar-refractivity contribution in [2.75, 3.05) is 13.2 Å². The van der Waals surface area contributed by atoms with Gasteiger partial charge in [-0.25, -0.2) is 0 Å². The van der Waals surface area contributed by atoms with Crippen molar-refractivity contribution in [2.45, 2.75) is 418 Å². The molecular weight excluding hydrogens is 1020 g/mol. The Labute approximate surface area is 518 Å². The second-order valence-corrected chi connectivity index (χ2v) is 25.6. The van der Waals surface area contributed by atoms with Crippen molar-refractivity contribution < 1.29 is 24.5 Å². The van der Waals surface area contributed by atoms with Crippen molar-refractivity contribution in [1.82, 2.24) is 5.32 Å². The average Bonchev–Trinajstić information content (AvgIpc) is 3.49. The van der Waals surface area contributed by atoms with Crippen molar-refractivity contribution in [2.24, 2.45) is 0 Å². The molecular formula is C77H145NO5. The summed E-state index contributed by atoms with van der Waals surface area (Å²) in [7, 11) is 0. The first-order chi connectivity index (χ1) is 41.0. The fourth-order valence-electron chi connectivity index (χ4n) is 11.6. The quantitative estimate of drug-likeness (QED) is 0.0320. The summed E-state index contributed by atoms with van der Waals surface area (Å²) < 4.78 is 5.49. The van der Waals surface area contributed by atoms with Gasteiger partial charge in [0.05, 0.1) is 25.4 Å². The molecule has 1 amide bonds. The summed E-state index contributed by atoms with van der Waals surface area (Å²) in [6, 6.07) is -0.632. The first-order valence-corrected chi connectivity index (χ1v) is 37.4. The van der Waals surface area contributed by atoms with Crippen LogP contribution in [0.1, 0.15) is 406 Å². The maximum absolute atomic E-state index is 12.5. The van der Waals surface area contributed by atoms with E-state index in [2.05, 4.69) is 55.6 Å². The van der Waals surface area contributed by atoms with Gasteiger partial charge in [0.15, 0.2) is 0 Å². The molecule has 0 aromatic rings. The van der Waals surface area contributed by atoms with E-state index in [1.165, 1.54) is 327 Å². The van der Waals surface area contributed by atoms with Gasteiger partial charge in [-0.15, -0.1) is 0 Å². The molecule has 0 heterocycles. The Balaban J connectivity index is 3.42. The van der Waals surface area contributed by atoms with Crippen LogP contribution in [-0.4, -0.2) is 47.4 Å². The highest BCUT2D eigenvalue weighted by atomic mass is 16.5. The Morgan fingerprint density at radius 2 is 0.602 bits per heavy atom. The van der Waals surface area contributed by atoms with Gasteiger partial charge in [0.25, 0.3) is 0 Å². The maximum Gasteiger partial charge on any atom is 0.305 e. The fourth-order valence-corrected chi connectivity index (χ4v) is 11.6. The van der Waals surface area contributed by atoms with Crippen LogP contribution in [0.3, 0.4) is 0 Å². The zero-order valence-corrected chi connectivity index (χ0v) is 55.9. The number of esters is 1. The van der Waals surface area contributed by atoms with E-state index in [1.54, 1.807) is 6.08 Å². The molecule has 0 radical (unpaired) electrons. The monoisotopic (exact) mass is 1160 g/mol. The third kappa shape index (κ3) is 68.8. The number of ether oxygens (including phenoxy) is 1. The normalized spacial score (nSPS) is 12.8. The van der Waals surface area contributed by atoms with Gasteiger partial charge in [-0.3, -0.25) is 9.59 Å². The highest BCUT2D eigenvalue weighted by molar-refractivity contribution is 5.76. The van der Waals surface area contributed by atoms with E-state index in [0.717, 1.165) is 51.4 Å². The van der Waals surface area contributed by atoms with Crippen LogP contribution in [0.15, 0.2) is 48.6 Å². The second-order valence-electron chi connectivity index (χ2n) is 25.6. The minimum Gasteiger partial charge on any atom is -0.466 e. The standard InChI is InChI=1S/C77H145NO5/c1-3-5-7-9-11-13-15-17-19-21-22-23-24-29-32-35-38-41-45-49-53-57-61-65-69-75(80)74(73-79)78-76(81)70-66-62-58-54-50-46-42-39-36-33-30-27-25-26-28-31-34-37-40-44-48-52-56-60-64-68-72-83-77(82)71-67-63-59-55-51-47-43-20-18-16-14-12-10-8-6-4-2/h14,16,20,25,27,43,65,69,74-75,79-80H,3-13,15,17-19,21-24,26,28-42,44-64,66-68,70-73H2,1-2H3,(H,78,81)/b16-14-,27-25-,43-20-,69-65+. The Hall–Kier alpha value is -2.18. The van der Waals surface area contributed by atoms with Crippen LogP contribution < -0.4 is 5.32 Å². The predicted octanol–water partition coefficient (Wildman–Crippen LogP) is 24.4. The molecule has 0 aromatic heterocycles. The summed E-state index contributed by atoms with van der Waals surface area (Å²) in [5.74, 6) is -0.0652. The number of carbonyl (C=O) groups is 2. The van der Waals surface area contributed by atoms with E-state index in [1.807, 2.05) is 6.08 Å². The van der Waals surface area contributed by atoms with Crippen molar-refractivity contribution in [3.8, 4) is 0 Å². The molecule has 0 saturated heterocycles. The van der Waals surface area contributed by atoms with E-state index in [4.69, 9.17) is 4.74 Å². The van der Waals surface area contributed by atoms with Crippen molar-refractivity contribution in [3.63, 3.8) is 0 Å². The van der Waals surface area contributed by atoms with Gasteiger partial charge < -0.3 is 20.3 Å². The largest absolute Gasteiger partial charge is 0.466 e. The van der Waals surface area contributed by atoms with Crippen LogP contribution in [0.5, 0.6) is 0 Å². The molecule has 0 aliphatic carbocycles. The number of aliphatic hydroxyl groups is 2. The van der Waals surface area contributed by atoms with Gasteiger partial charge in [-0.1, -0.05) is 351 Å². The topological polar surface area (TPSA) is 95.9 Å². The molecule has 2 atom stereocenters. The lowest BCUT2D eigenvalue weighted by molar-refractivity contribution is -0.143. The van der Waals surface area contributed by atoms with Crippen LogP contribution in [-0.2, 0) is 14.3 Å². The lowest BCUT2D eigenvalue weighted by atomic mass is 10.0. The molecule has 0 aliphatic heterocycles. The van der Waals surface area contributed by atoms with Crippen molar-refractivity contribution in [1.29, 1.82) is 0 Å². The summed E-state index contributed by atoms with van der Waals surface area (Å²) in [4.78, 5) is 24.6.